The molecule has 1 aromatic rings. The third-order valence-electron chi connectivity index (χ3n) is 1.64. The van der Waals surface area contributed by atoms with E-state index in [1.165, 1.54) is 0 Å². The predicted octanol–water partition coefficient (Wildman–Crippen LogP) is 7.62. The molecule has 0 unspecified atom stereocenters. The van der Waals surface area contributed by atoms with E-state index in [0.29, 0.717) is 24.5 Å². The van der Waals surface area contributed by atoms with Crippen molar-refractivity contribution in [2.75, 3.05) is 0 Å². The lowest BCUT2D eigenvalue weighted by atomic mass is 10.3. The number of benzene rings is 1. The zero-order valence-electron chi connectivity index (χ0n) is 7.38. The van der Waals surface area contributed by atoms with Gasteiger partial charge in [-0.3, -0.25) is 0 Å². The van der Waals surface area contributed by atoms with Crippen molar-refractivity contribution in [1.29, 1.82) is 0 Å². The monoisotopic (exact) mass is 424 g/mol. The summed E-state index contributed by atoms with van der Waals surface area (Å²) in [6.07, 6.45) is 0. The van der Waals surface area contributed by atoms with Gasteiger partial charge in [0.2, 0.25) is 0 Å². The highest BCUT2D eigenvalue weighted by Gasteiger charge is 2.25. The van der Waals surface area contributed by atoms with E-state index in [-0.39, 0.29) is 5.75 Å². The van der Waals surface area contributed by atoms with Crippen molar-refractivity contribution in [2.24, 2.45) is 0 Å². The summed E-state index contributed by atoms with van der Waals surface area (Å²) in [7, 11) is 33.2. The summed E-state index contributed by atoms with van der Waals surface area (Å²) in [6, 6.07) is 0. The molecule has 0 atom stereocenters. The van der Waals surface area contributed by atoms with Crippen LogP contribution < -0.4 is 0 Å². The minimum Gasteiger partial charge on any atom is -0.505 e. The van der Waals surface area contributed by atoms with Gasteiger partial charge in [-0.25, -0.2) is 0 Å². The third kappa shape index (κ3) is 3.65. The molecule has 0 fully saturated rings. The molecule has 0 saturated heterocycles. The van der Waals surface area contributed by atoms with Crippen LogP contribution in [-0.4, -0.2) is 5.11 Å². The average molecular weight is 427 g/mol. The Kier molecular flexibility index (Phi) is 8.63. The van der Waals surface area contributed by atoms with Gasteiger partial charge < -0.3 is 5.11 Å². The summed E-state index contributed by atoms with van der Waals surface area (Å²) >= 11 is 0. The second-order valence-electron chi connectivity index (χ2n) is 2.38. The molecule has 0 aliphatic rings. The summed E-state index contributed by atoms with van der Waals surface area (Å²) in [5, 5.41) is 10.0. The van der Waals surface area contributed by atoms with Gasteiger partial charge in [-0.2, -0.15) is 0 Å². The lowest BCUT2D eigenvalue weighted by Crippen LogP contribution is -1.88. The standard InChI is InChI=1S/C6HCl5OS5/c7-13-2-1(12)3(14-8)5(16-10)6(17-11)4(2)15-9/h12H. The van der Waals surface area contributed by atoms with Crippen LogP contribution in [-0.2, 0) is 0 Å². The van der Waals surface area contributed by atoms with Crippen LogP contribution in [0.2, 0.25) is 0 Å². The molecule has 17 heavy (non-hydrogen) atoms. The fraction of sp³-hybridized carbons (Fsp3) is 0. The molecule has 0 aliphatic heterocycles. The number of hydrogen-bond donors (Lipinski definition) is 1. The third-order valence-corrected chi connectivity index (χ3v) is 7.26. The second-order valence-corrected chi connectivity index (χ2v) is 7.51. The first-order valence-corrected chi connectivity index (χ1v) is 11.7. The van der Waals surface area contributed by atoms with E-state index in [4.69, 9.17) is 53.4 Å². The van der Waals surface area contributed by atoms with Crippen LogP contribution in [0.5, 0.6) is 5.75 Å². The number of phenolic OH excluding ortho intramolecular Hbond substituents is 1. The molecule has 0 saturated carbocycles. The van der Waals surface area contributed by atoms with E-state index < -0.39 is 0 Å². The number of hydrogen-bond acceptors (Lipinski definition) is 6. The molecule has 0 aliphatic carbocycles. The lowest BCUT2D eigenvalue weighted by molar-refractivity contribution is 0.439. The Morgan fingerprint density at radius 1 is 0.529 bits per heavy atom. The number of halogens is 5. The Morgan fingerprint density at radius 2 is 0.765 bits per heavy atom. The summed E-state index contributed by atoms with van der Waals surface area (Å²) < 4.78 is 0. The first-order valence-electron chi connectivity index (χ1n) is 3.52. The maximum absolute atomic E-state index is 10.0. The number of rotatable bonds is 5. The summed E-state index contributed by atoms with van der Waals surface area (Å²) in [5.74, 6) is -0.0502. The fourth-order valence-electron chi connectivity index (χ4n) is 0.981. The maximum Gasteiger partial charge on any atom is 0.147 e. The van der Waals surface area contributed by atoms with Crippen LogP contribution >= 0.6 is 108 Å². The molecule has 0 heterocycles. The van der Waals surface area contributed by atoms with Gasteiger partial charge in [0.05, 0.1) is 24.5 Å². The zero-order valence-corrected chi connectivity index (χ0v) is 15.2. The summed E-state index contributed by atoms with van der Waals surface area (Å²) in [4.78, 5) is 2.55. The minimum absolute atomic E-state index is 0.0502. The van der Waals surface area contributed by atoms with Crippen molar-refractivity contribution >= 4 is 108 Å². The normalized spacial score (nSPS) is 10.9. The first kappa shape index (κ1) is 17.3. The van der Waals surface area contributed by atoms with Gasteiger partial charge in [-0.05, 0) is 108 Å². The van der Waals surface area contributed by atoms with Crippen molar-refractivity contribution in [3.05, 3.63) is 0 Å². The van der Waals surface area contributed by atoms with Crippen molar-refractivity contribution in [3.8, 4) is 5.75 Å². The van der Waals surface area contributed by atoms with Crippen LogP contribution in [0.15, 0.2) is 24.5 Å². The maximum atomic E-state index is 10.0. The first-order chi connectivity index (χ1) is 8.15. The van der Waals surface area contributed by atoms with E-state index in [0.717, 1.165) is 54.9 Å². The van der Waals surface area contributed by atoms with Crippen LogP contribution in [0.4, 0.5) is 0 Å². The Labute approximate surface area is 142 Å². The predicted molar refractivity (Wildman–Crippen MR) is 86.7 cm³/mol. The quantitative estimate of drug-likeness (QED) is 0.518. The van der Waals surface area contributed by atoms with Gasteiger partial charge >= 0.3 is 0 Å². The molecule has 11 heteroatoms. The van der Waals surface area contributed by atoms with E-state index in [2.05, 4.69) is 0 Å². The molecule has 0 bridgehead atoms. The van der Waals surface area contributed by atoms with Gasteiger partial charge in [0.25, 0.3) is 0 Å². The SMILES string of the molecule is Oc1c(SCl)c(SCl)c(SCl)c(SCl)c1SCl. The molecule has 0 radical (unpaired) electrons. The van der Waals surface area contributed by atoms with Gasteiger partial charge in [0.1, 0.15) is 5.75 Å². The Bertz CT molecular complexity index is 383. The largest absolute Gasteiger partial charge is 0.505 e. The van der Waals surface area contributed by atoms with Crippen LogP contribution in [0.25, 0.3) is 0 Å². The van der Waals surface area contributed by atoms with Gasteiger partial charge in [0, 0.05) is 0 Å². The van der Waals surface area contributed by atoms with Crippen molar-refractivity contribution < 1.29 is 5.11 Å². The fourth-order valence-corrected chi connectivity index (χ4v) is 7.34. The van der Waals surface area contributed by atoms with E-state index in [1.54, 1.807) is 0 Å². The molecule has 1 aromatic carbocycles. The Morgan fingerprint density at radius 3 is 1.00 bits per heavy atom. The number of phenols is 1. The zero-order chi connectivity index (χ0) is 13.0. The molecule has 0 spiro atoms. The van der Waals surface area contributed by atoms with Crippen LogP contribution in [0, 0.1) is 0 Å². The molecule has 1 nitrogen and oxygen atoms in total. The highest BCUT2D eigenvalue weighted by atomic mass is 35.7. The highest BCUT2D eigenvalue weighted by Crippen LogP contribution is 2.56. The average Bonchev–Trinajstić information content (AvgIpc) is 2.36. The van der Waals surface area contributed by atoms with Crippen molar-refractivity contribution in [1.82, 2.24) is 0 Å². The highest BCUT2D eigenvalue weighted by molar-refractivity contribution is 8.26. The lowest BCUT2D eigenvalue weighted by Gasteiger charge is -2.15. The number of aromatic hydroxyl groups is 1. The molecular weight excluding hydrogens is 426 g/mol. The van der Waals surface area contributed by atoms with Gasteiger partial charge in [-0.1, -0.05) is 0 Å². The van der Waals surface area contributed by atoms with E-state index in [9.17, 15) is 5.11 Å². The van der Waals surface area contributed by atoms with Crippen LogP contribution in [0.3, 0.4) is 0 Å². The van der Waals surface area contributed by atoms with E-state index >= 15 is 0 Å². The molecule has 0 aromatic heterocycles. The molecule has 96 valence electrons. The Balaban J connectivity index is 3.66. The van der Waals surface area contributed by atoms with E-state index in [1.807, 2.05) is 0 Å². The molecule has 1 N–H and O–H groups in total. The molecular formula is C6HCl5OS5. The van der Waals surface area contributed by atoms with Gasteiger partial charge in [-0.15, -0.1) is 0 Å². The van der Waals surface area contributed by atoms with Crippen molar-refractivity contribution in [2.45, 2.75) is 24.5 Å². The van der Waals surface area contributed by atoms with Gasteiger partial charge in [0.15, 0.2) is 0 Å². The summed E-state index contributed by atoms with van der Waals surface area (Å²) in [6.45, 7) is 0. The van der Waals surface area contributed by atoms with Crippen molar-refractivity contribution in [3.63, 3.8) is 0 Å². The second kappa shape index (κ2) is 8.49. The van der Waals surface area contributed by atoms with Crippen LogP contribution in [0.1, 0.15) is 0 Å². The minimum atomic E-state index is -0.0502. The summed E-state index contributed by atoms with van der Waals surface area (Å²) in [5.41, 5.74) is 0. The topological polar surface area (TPSA) is 20.2 Å². The molecule has 1 rings (SSSR count). The smallest absolute Gasteiger partial charge is 0.147 e. The molecule has 0 amide bonds. The Hall–Kier alpha value is 2.22.